The first-order valence-electron chi connectivity index (χ1n) is 8.23. The fraction of sp³-hybridized carbons (Fsp3) is 0.167. The molecule has 0 fully saturated rings. The maximum Gasteiger partial charge on any atom is 0.277 e. The van der Waals surface area contributed by atoms with Crippen molar-refractivity contribution in [1.82, 2.24) is 10.2 Å². The van der Waals surface area contributed by atoms with Gasteiger partial charge in [-0.15, -0.1) is 10.2 Å². The molecule has 10 nitrogen and oxygen atoms in total. The van der Waals surface area contributed by atoms with E-state index in [0.717, 1.165) is 11.8 Å². The topological polar surface area (TPSA) is 130 Å². The van der Waals surface area contributed by atoms with E-state index in [1.165, 1.54) is 25.3 Å². The lowest BCUT2D eigenvalue weighted by Gasteiger charge is -2.09. The molecule has 29 heavy (non-hydrogen) atoms. The number of hydrogen-bond donors (Lipinski definition) is 1. The molecule has 150 valence electrons. The van der Waals surface area contributed by atoms with E-state index in [-0.39, 0.29) is 28.3 Å². The molecular formula is C18H16N4O6S. The molecule has 0 spiro atoms. The van der Waals surface area contributed by atoms with E-state index in [2.05, 4.69) is 15.5 Å². The van der Waals surface area contributed by atoms with Crippen LogP contribution in [0, 0.1) is 10.1 Å². The van der Waals surface area contributed by atoms with Gasteiger partial charge in [-0.1, -0.05) is 17.8 Å². The second kappa shape index (κ2) is 9.06. The molecule has 0 bridgehead atoms. The number of nitrogens with zero attached hydrogens (tertiary/aromatic N) is 3. The molecule has 3 rings (SSSR count). The fourth-order valence-corrected chi connectivity index (χ4v) is 2.91. The summed E-state index contributed by atoms with van der Waals surface area (Å²) in [5.41, 5.74) is 0.889. The van der Waals surface area contributed by atoms with E-state index < -0.39 is 4.92 Å². The molecular weight excluding hydrogens is 400 g/mol. The van der Waals surface area contributed by atoms with Crippen molar-refractivity contribution in [1.29, 1.82) is 0 Å². The molecule has 0 aliphatic carbocycles. The Balaban J connectivity index is 1.61. The molecule has 1 heterocycles. The predicted octanol–water partition coefficient (Wildman–Crippen LogP) is 3.39. The number of rotatable bonds is 8. The van der Waals surface area contributed by atoms with Crippen LogP contribution in [-0.2, 0) is 4.79 Å². The Morgan fingerprint density at radius 2 is 2.03 bits per heavy atom. The number of benzene rings is 2. The highest BCUT2D eigenvalue weighted by molar-refractivity contribution is 7.99. The normalized spacial score (nSPS) is 10.4. The number of hydrogen-bond acceptors (Lipinski definition) is 9. The number of anilines is 1. The van der Waals surface area contributed by atoms with Crippen LogP contribution in [0.15, 0.2) is 52.1 Å². The number of aromatic nitrogens is 2. The van der Waals surface area contributed by atoms with E-state index in [1.807, 2.05) is 0 Å². The summed E-state index contributed by atoms with van der Waals surface area (Å²) in [4.78, 5) is 22.5. The average molecular weight is 416 g/mol. The van der Waals surface area contributed by atoms with Gasteiger partial charge in [0, 0.05) is 11.6 Å². The van der Waals surface area contributed by atoms with Crippen molar-refractivity contribution in [2.45, 2.75) is 5.22 Å². The molecule has 3 aromatic rings. The Labute approximate surface area is 169 Å². The Morgan fingerprint density at radius 1 is 1.21 bits per heavy atom. The second-order valence-electron chi connectivity index (χ2n) is 5.58. The number of methoxy groups -OCH3 is 2. The minimum Gasteiger partial charge on any atom is -0.497 e. The van der Waals surface area contributed by atoms with E-state index >= 15 is 0 Å². The zero-order valence-electron chi connectivity index (χ0n) is 15.4. The number of amides is 1. The van der Waals surface area contributed by atoms with Gasteiger partial charge in [0.15, 0.2) is 0 Å². The Hall–Kier alpha value is -3.60. The molecule has 1 N–H and O–H groups in total. The number of non-ortho nitro benzene ring substituents is 1. The van der Waals surface area contributed by atoms with Crippen LogP contribution in [-0.4, -0.2) is 41.0 Å². The molecule has 0 radical (unpaired) electrons. The summed E-state index contributed by atoms with van der Waals surface area (Å²) in [5, 5.41) is 21.6. The van der Waals surface area contributed by atoms with Crippen molar-refractivity contribution in [2.75, 3.05) is 25.3 Å². The fourth-order valence-electron chi connectivity index (χ4n) is 2.35. The lowest BCUT2D eigenvalue weighted by Crippen LogP contribution is -2.14. The highest BCUT2D eigenvalue weighted by Crippen LogP contribution is 2.30. The number of thioether (sulfide) groups is 1. The van der Waals surface area contributed by atoms with Crippen molar-refractivity contribution >= 4 is 29.0 Å². The molecule has 1 amide bonds. The quantitative estimate of drug-likeness (QED) is 0.333. The van der Waals surface area contributed by atoms with Crippen LogP contribution in [0.1, 0.15) is 0 Å². The SMILES string of the molecule is COc1cccc(-c2nnc(SCC(=O)Nc3ccc([N+](=O)[O-])cc3OC)o2)c1. The lowest BCUT2D eigenvalue weighted by molar-refractivity contribution is -0.384. The summed E-state index contributed by atoms with van der Waals surface area (Å²) in [7, 11) is 2.93. The number of nitro benzene ring substituents is 1. The van der Waals surface area contributed by atoms with E-state index in [4.69, 9.17) is 13.9 Å². The van der Waals surface area contributed by atoms with E-state index in [0.29, 0.717) is 22.9 Å². The maximum absolute atomic E-state index is 12.2. The van der Waals surface area contributed by atoms with Crippen LogP contribution in [0.4, 0.5) is 11.4 Å². The van der Waals surface area contributed by atoms with Crippen molar-refractivity contribution in [2.24, 2.45) is 0 Å². The van der Waals surface area contributed by atoms with E-state index in [9.17, 15) is 14.9 Å². The third-order valence-electron chi connectivity index (χ3n) is 3.72. The summed E-state index contributed by atoms with van der Waals surface area (Å²) >= 11 is 1.06. The van der Waals surface area contributed by atoms with Gasteiger partial charge in [0.05, 0.1) is 36.6 Å². The van der Waals surface area contributed by atoms with E-state index in [1.54, 1.807) is 31.4 Å². The number of ether oxygens (including phenoxy) is 2. The van der Waals surface area contributed by atoms with Crippen LogP contribution < -0.4 is 14.8 Å². The third-order valence-corrected chi connectivity index (χ3v) is 4.54. The zero-order valence-corrected chi connectivity index (χ0v) is 16.3. The van der Waals surface area contributed by atoms with Crippen molar-refractivity contribution in [3.05, 3.63) is 52.6 Å². The first kappa shape index (κ1) is 20.1. The number of carbonyl (C=O) groups is 1. The summed E-state index contributed by atoms with van der Waals surface area (Å²) < 4.78 is 15.8. The minimum atomic E-state index is -0.542. The van der Waals surface area contributed by atoms with Crippen LogP contribution >= 0.6 is 11.8 Å². The van der Waals surface area contributed by atoms with Crippen LogP contribution in [0.25, 0.3) is 11.5 Å². The summed E-state index contributed by atoms with van der Waals surface area (Å²) in [5.74, 6) is 0.800. The number of carbonyl (C=O) groups excluding carboxylic acids is 1. The largest absolute Gasteiger partial charge is 0.497 e. The molecule has 0 aliphatic rings. The van der Waals surface area contributed by atoms with Gasteiger partial charge < -0.3 is 19.2 Å². The maximum atomic E-state index is 12.2. The zero-order chi connectivity index (χ0) is 20.8. The monoisotopic (exact) mass is 416 g/mol. The molecule has 0 saturated heterocycles. The highest BCUT2D eigenvalue weighted by Gasteiger charge is 2.15. The van der Waals surface area contributed by atoms with Gasteiger partial charge in [-0.05, 0) is 24.3 Å². The van der Waals surface area contributed by atoms with Gasteiger partial charge in [-0.3, -0.25) is 14.9 Å². The summed E-state index contributed by atoms with van der Waals surface area (Å²) in [6.45, 7) is 0. The Bertz CT molecular complexity index is 1040. The van der Waals surface area contributed by atoms with Gasteiger partial charge in [0.2, 0.25) is 11.8 Å². The molecule has 0 unspecified atom stereocenters. The first-order chi connectivity index (χ1) is 14.0. The molecule has 2 aromatic carbocycles. The standard InChI is InChI=1S/C18H16N4O6S/c1-26-13-5-3-4-11(8-13)17-20-21-18(28-17)29-10-16(23)19-14-7-6-12(22(24)25)9-15(14)27-2/h3-9H,10H2,1-2H3,(H,19,23). The van der Waals surface area contributed by atoms with Crippen LogP contribution in [0.2, 0.25) is 0 Å². The third kappa shape index (κ3) is 5.02. The summed E-state index contributed by atoms with van der Waals surface area (Å²) in [6.07, 6.45) is 0. The predicted molar refractivity (Wildman–Crippen MR) is 105 cm³/mol. The smallest absolute Gasteiger partial charge is 0.277 e. The molecule has 0 saturated carbocycles. The van der Waals surface area contributed by atoms with Gasteiger partial charge in [0.1, 0.15) is 11.5 Å². The van der Waals surface area contributed by atoms with Gasteiger partial charge in [-0.25, -0.2) is 0 Å². The molecule has 1 aromatic heterocycles. The molecule has 0 atom stereocenters. The average Bonchev–Trinajstić information content (AvgIpc) is 3.21. The highest BCUT2D eigenvalue weighted by atomic mass is 32.2. The number of nitro groups is 1. The van der Waals surface area contributed by atoms with Crippen molar-refractivity contribution < 1.29 is 23.6 Å². The van der Waals surface area contributed by atoms with Gasteiger partial charge in [0.25, 0.3) is 10.9 Å². The Kier molecular flexibility index (Phi) is 6.29. The van der Waals surface area contributed by atoms with Crippen molar-refractivity contribution in [3.8, 4) is 23.0 Å². The molecule has 11 heteroatoms. The van der Waals surface area contributed by atoms with Crippen LogP contribution in [0.3, 0.4) is 0 Å². The molecule has 0 aliphatic heterocycles. The van der Waals surface area contributed by atoms with Crippen LogP contribution in [0.5, 0.6) is 11.5 Å². The second-order valence-corrected chi connectivity index (χ2v) is 6.51. The lowest BCUT2D eigenvalue weighted by atomic mass is 10.2. The minimum absolute atomic E-state index is 0.000113. The van der Waals surface area contributed by atoms with Gasteiger partial charge >= 0.3 is 0 Å². The first-order valence-corrected chi connectivity index (χ1v) is 9.21. The van der Waals surface area contributed by atoms with Crippen molar-refractivity contribution in [3.63, 3.8) is 0 Å². The number of nitrogens with one attached hydrogen (secondary N) is 1. The Morgan fingerprint density at radius 3 is 2.76 bits per heavy atom. The van der Waals surface area contributed by atoms with Gasteiger partial charge in [-0.2, -0.15) is 0 Å². The summed E-state index contributed by atoms with van der Waals surface area (Å²) in [6, 6.07) is 11.1.